The maximum atomic E-state index is 11.5. The fraction of sp³-hybridized carbons (Fsp3) is 1.00. The van der Waals surface area contributed by atoms with Gasteiger partial charge in [-0.25, -0.2) is 8.42 Å². The minimum Gasteiger partial charge on any atom is -0.380 e. The second-order valence-electron chi connectivity index (χ2n) is 4.70. The second kappa shape index (κ2) is 5.98. The van der Waals surface area contributed by atoms with Gasteiger partial charge in [0.25, 0.3) is 0 Å². The Bertz CT molecular complexity index is 302. The average molecular weight is 249 g/mol. The lowest BCUT2D eigenvalue weighted by Crippen LogP contribution is -2.40. The Hall–Kier alpha value is -0.130. The molecule has 0 spiro atoms. The summed E-state index contributed by atoms with van der Waals surface area (Å²) in [6, 6.07) is -0.0236. The highest BCUT2D eigenvalue weighted by Crippen LogP contribution is 2.30. The maximum absolute atomic E-state index is 11.5. The first-order valence-electron chi connectivity index (χ1n) is 5.97. The summed E-state index contributed by atoms with van der Waals surface area (Å²) in [5.41, 5.74) is 6.02. The standard InChI is InChI=1S/C11H23NO3S/c1-3-15-8-11(12)9-5-4-6-10(7-9)16(2,13)14/h9-11H,3-8,12H2,1-2H3. The molecule has 0 aromatic carbocycles. The summed E-state index contributed by atoms with van der Waals surface area (Å²) in [5.74, 6) is 0.292. The van der Waals surface area contributed by atoms with Gasteiger partial charge in [-0.05, 0) is 32.1 Å². The molecule has 0 aliphatic heterocycles. The molecule has 5 heteroatoms. The Kier molecular flexibility index (Phi) is 5.21. The maximum Gasteiger partial charge on any atom is 0.150 e. The van der Waals surface area contributed by atoms with E-state index < -0.39 is 9.84 Å². The van der Waals surface area contributed by atoms with Gasteiger partial charge in [0.05, 0.1) is 11.9 Å². The Morgan fingerprint density at radius 1 is 1.44 bits per heavy atom. The molecule has 0 radical (unpaired) electrons. The minimum atomic E-state index is -2.91. The highest BCUT2D eigenvalue weighted by atomic mass is 32.2. The largest absolute Gasteiger partial charge is 0.380 e. The molecule has 1 aliphatic rings. The molecule has 0 heterocycles. The minimum absolute atomic E-state index is 0.0236. The number of hydrogen-bond acceptors (Lipinski definition) is 4. The van der Waals surface area contributed by atoms with Crippen LogP contribution in [0.5, 0.6) is 0 Å². The molecule has 1 rings (SSSR count). The Labute approximate surface area is 98.5 Å². The van der Waals surface area contributed by atoms with Crippen molar-refractivity contribution in [3.05, 3.63) is 0 Å². The molecule has 96 valence electrons. The predicted octanol–water partition coefficient (Wildman–Crippen LogP) is 0.954. The molecule has 0 aromatic rings. The average Bonchev–Trinajstić information content (AvgIpc) is 2.25. The van der Waals surface area contributed by atoms with Crippen molar-refractivity contribution in [2.24, 2.45) is 11.7 Å². The predicted molar refractivity (Wildman–Crippen MR) is 65.1 cm³/mol. The number of sulfone groups is 1. The third-order valence-electron chi connectivity index (χ3n) is 3.39. The van der Waals surface area contributed by atoms with Crippen LogP contribution < -0.4 is 5.73 Å². The number of hydrogen-bond donors (Lipinski definition) is 1. The van der Waals surface area contributed by atoms with E-state index in [1.165, 1.54) is 6.26 Å². The first-order chi connectivity index (χ1) is 7.45. The zero-order chi connectivity index (χ0) is 12.2. The van der Waals surface area contributed by atoms with E-state index in [0.717, 1.165) is 19.3 Å². The van der Waals surface area contributed by atoms with Gasteiger partial charge in [0.15, 0.2) is 0 Å². The van der Waals surface area contributed by atoms with E-state index in [1.54, 1.807) is 0 Å². The molecule has 0 bridgehead atoms. The molecule has 3 atom stereocenters. The van der Waals surface area contributed by atoms with Gasteiger partial charge in [-0.3, -0.25) is 0 Å². The van der Waals surface area contributed by atoms with Crippen molar-refractivity contribution in [2.75, 3.05) is 19.5 Å². The van der Waals surface area contributed by atoms with Crippen LogP contribution in [0.3, 0.4) is 0 Å². The van der Waals surface area contributed by atoms with Crippen LogP contribution in [0, 0.1) is 5.92 Å². The van der Waals surface area contributed by atoms with Gasteiger partial charge in [0, 0.05) is 18.9 Å². The Morgan fingerprint density at radius 3 is 2.69 bits per heavy atom. The molecular weight excluding hydrogens is 226 g/mol. The smallest absolute Gasteiger partial charge is 0.150 e. The quantitative estimate of drug-likeness (QED) is 0.787. The van der Waals surface area contributed by atoms with Gasteiger partial charge >= 0.3 is 0 Å². The highest BCUT2D eigenvalue weighted by Gasteiger charge is 2.31. The van der Waals surface area contributed by atoms with Gasteiger partial charge in [-0.2, -0.15) is 0 Å². The molecule has 3 unspecified atom stereocenters. The first-order valence-corrected chi connectivity index (χ1v) is 7.92. The lowest BCUT2D eigenvalue weighted by Gasteiger charge is -2.31. The van der Waals surface area contributed by atoms with E-state index in [-0.39, 0.29) is 11.3 Å². The summed E-state index contributed by atoms with van der Waals surface area (Å²) in [6.45, 7) is 3.14. The third-order valence-corrected chi connectivity index (χ3v) is 5.03. The number of nitrogens with two attached hydrogens (primary N) is 1. The number of rotatable bonds is 5. The first kappa shape index (κ1) is 13.9. The summed E-state index contributed by atoms with van der Waals surface area (Å²) in [6.07, 6.45) is 4.81. The molecule has 16 heavy (non-hydrogen) atoms. The van der Waals surface area contributed by atoms with Gasteiger partial charge in [-0.15, -0.1) is 0 Å². The molecule has 0 aromatic heterocycles. The third kappa shape index (κ3) is 4.03. The van der Waals surface area contributed by atoms with Crippen molar-refractivity contribution in [3.63, 3.8) is 0 Å². The van der Waals surface area contributed by atoms with E-state index in [0.29, 0.717) is 25.6 Å². The zero-order valence-corrected chi connectivity index (χ0v) is 11.0. The molecule has 1 fully saturated rings. The van der Waals surface area contributed by atoms with Crippen molar-refractivity contribution in [2.45, 2.75) is 43.9 Å². The molecular formula is C11H23NO3S. The molecule has 2 N–H and O–H groups in total. The van der Waals surface area contributed by atoms with Gasteiger partial charge < -0.3 is 10.5 Å². The molecule has 4 nitrogen and oxygen atoms in total. The topological polar surface area (TPSA) is 69.4 Å². The van der Waals surface area contributed by atoms with E-state index >= 15 is 0 Å². The van der Waals surface area contributed by atoms with Gasteiger partial charge in [0.2, 0.25) is 0 Å². The second-order valence-corrected chi connectivity index (χ2v) is 7.03. The summed E-state index contributed by atoms with van der Waals surface area (Å²) in [7, 11) is -2.91. The van der Waals surface area contributed by atoms with Crippen molar-refractivity contribution in [1.82, 2.24) is 0 Å². The van der Waals surface area contributed by atoms with Crippen molar-refractivity contribution in [1.29, 1.82) is 0 Å². The van der Waals surface area contributed by atoms with Crippen LogP contribution in [-0.2, 0) is 14.6 Å². The molecule has 0 saturated heterocycles. The van der Waals surface area contributed by atoms with E-state index in [1.807, 2.05) is 6.92 Å². The van der Waals surface area contributed by atoms with Crippen LogP contribution in [-0.4, -0.2) is 39.2 Å². The fourth-order valence-corrected chi connectivity index (χ4v) is 3.54. The van der Waals surface area contributed by atoms with Crippen molar-refractivity contribution in [3.8, 4) is 0 Å². The number of ether oxygens (including phenoxy) is 1. The Morgan fingerprint density at radius 2 is 2.12 bits per heavy atom. The lowest BCUT2D eigenvalue weighted by molar-refractivity contribution is 0.108. The molecule has 1 saturated carbocycles. The lowest BCUT2D eigenvalue weighted by atomic mass is 9.84. The molecule has 1 aliphatic carbocycles. The van der Waals surface area contributed by atoms with Gasteiger partial charge in [0.1, 0.15) is 9.84 Å². The highest BCUT2D eigenvalue weighted by molar-refractivity contribution is 7.91. The summed E-state index contributed by atoms with van der Waals surface area (Å²) in [5, 5.41) is -0.195. The van der Waals surface area contributed by atoms with Crippen LogP contribution in [0.4, 0.5) is 0 Å². The summed E-state index contributed by atoms with van der Waals surface area (Å²) in [4.78, 5) is 0. The van der Waals surface area contributed by atoms with Crippen molar-refractivity contribution < 1.29 is 13.2 Å². The zero-order valence-electron chi connectivity index (χ0n) is 10.2. The van der Waals surface area contributed by atoms with Gasteiger partial charge in [-0.1, -0.05) is 6.42 Å². The summed E-state index contributed by atoms with van der Waals surface area (Å²) >= 11 is 0. The monoisotopic (exact) mass is 249 g/mol. The van der Waals surface area contributed by atoms with Crippen LogP contribution in [0.1, 0.15) is 32.6 Å². The van der Waals surface area contributed by atoms with Crippen LogP contribution in [0.25, 0.3) is 0 Å². The van der Waals surface area contributed by atoms with Crippen LogP contribution in [0.2, 0.25) is 0 Å². The summed E-state index contributed by atoms with van der Waals surface area (Å²) < 4.78 is 28.3. The normalized spacial score (nSPS) is 28.9. The fourth-order valence-electron chi connectivity index (χ4n) is 2.35. The van der Waals surface area contributed by atoms with Crippen LogP contribution in [0.15, 0.2) is 0 Å². The van der Waals surface area contributed by atoms with E-state index in [9.17, 15) is 8.42 Å². The SMILES string of the molecule is CCOCC(N)C1CCCC(S(C)(=O)=O)C1. The van der Waals surface area contributed by atoms with E-state index in [4.69, 9.17) is 10.5 Å². The van der Waals surface area contributed by atoms with E-state index in [2.05, 4.69) is 0 Å². The van der Waals surface area contributed by atoms with Crippen molar-refractivity contribution >= 4 is 9.84 Å². The van der Waals surface area contributed by atoms with Crippen LogP contribution >= 0.6 is 0 Å². The molecule has 0 amide bonds. The Balaban J connectivity index is 2.50.